The lowest BCUT2D eigenvalue weighted by atomic mass is 10.1. The molecule has 2 N–H and O–H groups in total. The van der Waals surface area contributed by atoms with E-state index in [-0.39, 0.29) is 0 Å². The van der Waals surface area contributed by atoms with Gasteiger partial charge in [0.2, 0.25) is 0 Å². The molecule has 0 saturated heterocycles. The fourth-order valence-electron chi connectivity index (χ4n) is 1.39. The van der Waals surface area contributed by atoms with E-state index >= 15 is 0 Å². The van der Waals surface area contributed by atoms with Crippen LogP contribution in [0.1, 0.15) is 32.3 Å². The molecule has 0 unspecified atom stereocenters. The highest BCUT2D eigenvalue weighted by Crippen LogP contribution is 2.24. The van der Waals surface area contributed by atoms with Crippen molar-refractivity contribution in [2.75, 3.05) is 5.73 Å². The highest BCUT2D eigenvalue weighted by Gasteiger charge is 2.08. The molecule has 0 aliphatic rings. The van der Waals surface area contributed by atoms with Crippen LogP contribution >= 0.6 is 0 Å². The van der Waals surface area contributed by atoms with Crippen LogP contribution in [0.15, 0.2) is 18.2 Å². The molecule has 0 saturated carbocycles. The van der Waals surface area contributed by atoms with Gasteiger partial charge in [-0.15, -0.1) is 0 Å². The van der Waals surface area contributed by atoms with Gasteiger partial charge < -0.3 is 10.5 Å². The van der Waals surface area contributed by atoms with Gasteiger partial charge in [0.15, 0.2) is 0 Å². The minimum absolute atomic E-state index is 0.301. The van der Waals surface area contributed by atoms with E-state index < -0.39 is 0 Å². The van der Waals surface area contributed by atoms with Crippen molar-refractivity contribution in [3.8, 4) is 5.75 Å². The van der Waals surface area contributed by atoms with Crippen LogP contribution in [0, 0.1) is 6.92 Å². The summed E-state index contributed by atoms with van der Waals surface area (Å²) in [4.78, 5) is 0. The Morgan fingerprint density at radius 3 is 2.50 bits per heavy atom. The van der Waals surface area contributed by atoms with Crippen molar-refractivity contribution in [2.45, 2.75) is 39.7 Å². The van der Waals surface area contributed by atoms with E-state index in [1.165, 1.54) is 0 Å². The SMILES string of the molecule is CCC(CC)Oc1cccc(N)c1C. The number of rotatable bonds is 4. The molecule has 1 aromatic carbocycles. The first-order valence-electron chi connectivity index (χ1n) is 5.20. The van der Waals surface area contributed by atoms with E-state index in [0.717, 1.165) is 29.8 Å². The van der Waals surface area contributed by atoms with E-state index in [1.54, 1.807) is 0 Å². The Morgan fingerprint density at radius 1 is 1.29 bits per heavy atom. The van der Waals surface area contributed by atoms with Crippen molar-refractivity contribution >= 4 is 5.69 Å². The molecule has 0 spiro atoms. The summed E-state index contributed by atoms with van der Waals surface area (Å²) >= 11 is 0. The van der Waals surface area contributed by atoms with Crippen LogP contribution in [0.4, 0.5) is 5.69 Å². The maximum Gasteiger partial charge on any atom is 0.124 e. The largest absolute Gasteiger partial charge is 0.490 e. The van der Waals surface area contributed by atoms with E-state index in [1.807, 2.05) is 25.1 Å². The second kappa shape index (κ2) is 4.89. The summed E-state index contributed by atoms with van der Waals surface area (Å²) in [6, 6.07) is 5.80. The average molecular weight is 193 g/mol. The van der Waals surface area contributed by atoms with Crippen LogP contribution in [0.5, 0.6) is 5.75 Å². The van der Waals surface area contributed by atoms with Gasteiger partial charge >= 0.3 is 0 Å². The zero-order valence-electron chi connectivity index (χ0n) is 9.21. The number of benzene rings is 1. The van der Waals surface area contributed by atoms with Gasteiger partial charge in [0.25, 0.3) is 0 Å². The number of hydrogen-bond donors (Lipinski definition) is 1. The zero-order chi connectivity index (χ0) is 10.6. The maximum atomic E-state index is 5.84. The summed E-state index contributed by atoms with van der Waals surface area (Å²) in [5.41, 5.74) is 7.64. The van der Waals surface area contributed by atoms with E-state index in [9.17, 15) is 0 Å². The summed E-state index contributed by atoms with van der Waals surface area (Å²) in [7, 11) is 0. The van der Waals surface area contributed by atoms with Gasteiger partial charge in [-0.1, -0.05) is 19.9 Å². The fourth-order valence-corrected chi connectivity index (χ4v) is 1.39. The first kappa shape index (κ1) is 10.9. The standard InChI is InChI=1S/C12H19NO/c1-4-10(5-2)14-12-8-6-7-11(13)9(12)3/h6-8,10H,4-5,13H2,1-3H3. The van der Waals surface area contributed by atoms with Crippen molar-refractivity contribution in [3.63, 3.8) is 0 Å². The second-order valence-electron chi connectivity index (χ2n) is 3.53. The molecule has 0 bridgehead atoms. The quantitative estimate of drug-likeness (QED) is 0.745. The van der Waals surface area contributed by atoms with Crippen molar-refractivity contribution in [2.24, 2.45) is 0 Å². The molecule has 1 aromatic rings. The number of nitrogen functional groups attached to an aromatic ring is 1. The summed E-state index contributed by atoms with van der Waals surface area (Å²) in [6.45, 7) is 6.26. The predicted molar refractivity (Wildman–Crippen MR) is 60.6 cm³/mol. The lowest BCUT2D eigenvalue weighted by Gasteiger charge is -2.17. The smallest absolute Gasteiger partial charge is 0.124 e. The summed E-state index contributed by atoms with van der Waals surface area (Å²) < 4.78 is 5.84. The summed E-state index contributed by atoms with van der Waals surface area (Å²) in [6.07, 6.45) is 2.37. The molecule has 78 valence electrons. The lowest BCUT2D eigenvalue weighted by molar-refractivity contribution is 0.192. The molecule has 0 fully saturated rings. The molecule has 2 heteroatoms. The number of ether oxygens (including phenoxy) is 1. The predicted octanol–water partition coefficient (Wildman–Crippen LogP) is 3.14. The molecule has 14 heavy (non-hydrogen) atoms. The Hall–Kier alpha value is -1.18. The Morgan fingerprint density at radius 2 is 1.93 bits per heavy atom. The molecule has 0 amide bonds. The molecule has 1 rings (SSSR count). The third-order valence-electron chi connectivity index (χ3n) is 2.53. The molecule has 0 heterocycles. The normalized spacial score (nSPS) is 10.6. The van der Waals surface area contributed by atoms with E-state index in [4.69, 9.17) is 10.5 Å². The van der Waals surface area contributed by atoms with Crippen LogP contribution in [0.2, 0.25) is 0 Å². The molecular formula is C12H19NO. The maximum absolute atomic E-state index is 5.84. The van der Waals surface area contributed by atoms with Crippen molar-refractivity contribution in [1.82, 2.24) is 0 Å². The first-order chi connectivity index (χ1) is 6.69. The topological polar surface area (TPSA) is 35.2 Å². The third-order valence-corrected chi connectivity index (χ3v) is 2.53. The molecule has 0 aliphatic carbocycles. The number of hydrogen-bond acceptors (Lipinski definition) is 2. The molecule has 0 aromatic heterocycles. The molecule has 0 aliphatic heterocycles. The van der Waals surface area contributed by atoms with Gasteiger partial charge in [-0.2, -0.15) is 0 Å². The van der Waals surface area contributed by atoms with Gasteiger partial charge in [-0.25, -0.2) is 0 Å². The summed E-state index contributed by atoms with van der Waals surface area (Å²) in [5.74, 6) is 0.915. The first-order valence-corrected chi connectivity index (χ1v) is 5.20. The van der Waals surface area contributed by atoms with Crippen LogP contribution in [-0.4, -0.2) is 6.10 Å². The minimum Gasteiger partial charge on any atom is -0.490 e. The Kier molecular flexibility index (Phi) is 3.81. The van der Waals surface area contributed by atoms with Crippen molar-refractivity contribution in [3.05, 3.63) is 23.8 Å². The van der Waals surface area contributed by atoms with Gasteiger partial charge in [-0.05, 0) is 31.9 Å². The fraction of sp³-hybridized carbons (Fsp3) is 0.500. The van der Waals surface area contributed by atoms with Crippen LogP contribution in [0.25, 0.3) is 0 Å². The van der Waals surface area contributed by atoms with E-state index in [0.29, 0.717) is 6.10 Å². The average Bonchev–Trinajstić information content (AvgIpc) is 2.20. The van der Waals surface area contributed by atoms with Gasteiger partial charge in [0, 0.05) is 11.3 Å². The Balaban J connectivity index is 2.80. The molecule has 0 radical (unpaired) electrons. The van der Waals surface area contributed by atoms with E-state index in [2.05, 4.69) is 13.8 Å². The number of anilines is 1. The Labute approximate surface area is 86.1 Å². The van der Waals surface area contributed by atoms with Gasteiger partial charge in [0.1, 0.15) is 5.75 Å². The molecule has 2 nitrogen and oxygen atoms in total. The number of nitrogens with two attached hydrogens (primary N) is 1. The molecule has 0 atom stereocenters. The van der Waals surface area contributed by atoms with Crippen molar-refractivity contribution in [1.29, 1.82) is 0 Å². The minimum atomic E-state index is 0.301. The highest BCUT2D eigenvalue weighted by atomic mass is 16.5. The highest BCUT2D eigenvalue weighted by molar-refractivity contribution is 5.53. The second-order valence-corrected chi connectivity index (χ2v) is 3.53. The van der Waals surface area contributed by atoms with Crippen LogP contribution in [-0.2, 0) is 0 Å². The summed E-state index contributed by atoms with van der Waals surface area (Å²) in [5, 5.41) is 0. The molecular weight excluding hydrogens is 174 g/mol. The zero-order valence-corrected chi connectivity index (χ0v) is 9.21. The van der Waals surface area contributed by atoms with Gasteiger partial charge in [-0.3, -0.25) is 0 Å². The van der Waals surface area contributed by atoms with Crippen LogP contribution < -0.4 is 10.5 Å². The monoisotopic (exact) mass is 193 g/mol. The third kappa shape index (κ3) is 2.41. The lowest BCUT2D eigenvalue weighted by Crippen LogP contribution is -2.14. The van der Waals surface area contributed by atoms with Gasteiger partial charge in [0.05, 0.1) is 6.10 Å². The Bertz CT molecular complexity index is 292. The van der Waals surface area contributed by atoms with Crippen molar-refractivity contribution < 1.29 is 4.74 Å². The van der Waals surface area contributed by atoms with Crippen LogP contribution in [0.3, 0.4) is 0 Å².